The van der Waals surface area contributed by atoms with Crippen LogP contribution in [0.4, 0.5) is 10.5 Å². The molecular formula is C23H20Cl2N6O4. The molecular weight excluding hydrogens is 495 g/mol. The van der Waals surface area contributed by atoms with Crippen molar-refractivity contribution in [2.45, 2.75) is 30.9 Å². The molecule has 2 amide bonds. The fourth-order valence-electron chi connectivity index (χ4n) is 4.14. The van der Waals surface area contributed by atoms with E-state index in [2.05, 4.69) is 32.7 Å². The van der Waals surface area contributed by atoms with Gasteiger partial charge >= 0.3 is 6.03 Å². The van der Waals surface area contributed by atoms with Gasteiger partial charge in [-0.3, -0.25) is 4.79 Å². The lowest BCUT2D eigenvalue weighted by Gasteiger charge is -2.35. The van der Waals surface area contributed by atoms with Crippen molar-refractivity contribution in [3.8, 4) is 11.6 Å². The number of nitrogens with zero attached hydrogens (tertiary/aromatic N) is 3. The minimum Gasteiger partial charge on any atom is -0.434 e. The highest BCUT2D eigenvalue weighted by atomic mass is 35.5. The summed E-state index contributed by atoms with van der Waals surface area (Å²) in [6, 6.07) is 13.9. The Morgan fingerprint density at radius 1 is 1.06 bits per heavy atom. The van der Waals surface area contributed by atoms with Gasteiger partial charge in [0.1, 0.15) is 0 Å². The largest absolute Gasteiger partial charge is 0.434 e. The van der Waals surface area contributed by atoms with Crippen LogP contribution in [0.3, 0.4) is 0 Å². The van der Waals surface area contributed by atoms with Crippen LogP contribution in [-0.4, -0.2) is 33.4 Å². The third-order valence-corrected chi connectivity index (χ3v) is 6.60. The summed E-state index contributed by atoms with van der Waals surface area (Å²) >= 11 is 12.8. The van der Waals surface area contributed by atoms with Crippen LogP contribution in [-0.2, 0) is 0 Å². The second-order valence-electron chi connectivity index (χ2n) is 8.30. The molecule has 12 heteroatoms. The maximum Gasteiger partial charge on any atom is 0.345 e. The van der Waals surface area contributed by atoms with E-state index in [4.69, 9.17) is 33.7 Å². The van der Waals surface area contributed by atoms with Crippen LogP contribution in [0, 0.1) is 0 Å². The molecule has 0 bridgehead atoms. The van der Waals surface area contributed by atoms with E-state index in [1.165, 1.54) is 17.7 Å². The number of nitrogens with two attached hydrogens (primary N) is 1. The molecule has 2 heterocycles. The highest BCUT2D eigenvalue weighted by Gasteiger charge is 2.33. The lowest BCUT2D eigenvalue weighted by Crippen LogP contribution is -2.54. The number of H-pyrrole nitrogens is 1. The summed E-state index contributed by atoms with van der Waals surface area (Å²) in [4.78, 5) is 24.6. The quantitative estimate of drug-likeness (QED) is 0.408. The number of carbonyl (C=O) groups excluding carboxylic acids is 1. The molecule has 1 aliphatic heterocycles. The van der Waals surface area contributed by atoms with Crippen molar-refractivity contribution < 1.29 is 14.6 Å². The number of halogens is 2. The molecule has 3 aromatic rings. The van der Waals surface area contributed by atoms with Gasteiger partial charge in [0.2, 0.25) is 5.88 Å². The SMILES string of the molecule is NC1=NN(c2cc(Cl)c(Oc3cc(C4CC(c5ccccc5)C4)c(=O)[nH]n3)c(Cl)c2)C(=O)NC1O. The maximum absolute atomic E-state index is 12.4. The van der Waals surface area contributed by atoms with Gasteiger partial charge in [-0.1, -0.05) is 53.5 Å². The van der Waals surface area contributed by atoms with Gasteiger partial charge < -0.3 is 20.9 Å². The second-order valence-corrected chi connectivity index (χ2v) is 9.11. The van der Waals surface area contributed by atoms with Gasteiger partial charge in [0.05, 0.1) is 15.7 Å². The minimum atomic E-state index is -1.38. The number of ether oxygens (including phenoxy) is 1. The Morgan fingerprint density at radius 2 is 1.74 bits per heavy atom. The molecule has 1 fully saturated rings. The Labute approximate surface area is 209 Å². The van der Waals surface area contributed by atoms with Gasteiger partial charge in [-0.05, 0) is 42.4 Å². The maximum atomic E-state index is 12.4. The number of aliphatic hydroxyl groups excluding tert-OH is 1. The molecule has 5 N–H and O–H groups in total. The van der Waals surface area contributed by atoms with Crippen LogP contribution in [0.5, 0.6) is 11.6 Å². The third-order valence-electron chi connectivity index (χ3n) is 6.04. The van der Waals surface area contributed by atoms with E-state index in [9.17, 15) is 14.7 Å². The summed E-state index contributed by atoms with van der Waals surface area (Å²) in [5.41, 5.74) is 7.38. The van der Waals surface area contributed by atoms with Gasteiger partial charge in [0, 0.05) is 11.6 Å². The first-order valence-electron chi connectivity index (χ1n) is 10.7. The number of amides is 2. The fraction of sp³-hybridized carbons (Fsp3) is 0.217. The Morgan fingerprint density at radius 3 is 2.43 bits per heavy atom. The summed E-state index contributed by atoms with van der Waals surface area (Å²) in [6.45, 7) is 0. The first kappa shape index (κ1) is 23.2. The Balaban J connectivity index is 1.35. The summed E-state index contributed by atoms with van der Waals surface area (Å²) in [6.07, 6.45) is 0.317. The number of aliphatic hydroxyl groups is 1. The molecule has 180 valence electrons. The smallest absolute Gasteiger partial charge is 0.345 e. The summed E-state index contributed by atoms with van der Waals surface area (Å²) < 4.78 is 5.81. The number of aromatic amines is 1. The molecule has 5 rings (SSSR count). The topological polar surface area (TPSA) is 146 Å². The lowest BCUT2D eigenvalue weighted by molar-refractivity contribution is 0.188. The summed E-state index contributed by atoms with van der Waals surface area (Å²) in [7, 11) is 0. The number of amidine groups is 1. The van der Waals surface area contributed by atoms with Crippen molar-refractivity contribution in [1.29, 1.82) is 0 Å². The number of carbonyl (C=O) groups is 1. The zero-order valence-electron chi connectivity index (χ0n) is 18.1. The standard InChI is InChI=1S/C23H20Cl2N6O4/c24-16-8-14(31-23(34)27-22(33)20(26)30-31)9-17(25)19(16)35-18-10-15(21(32)29-28-18)13-6-12(7-13)11-4-2-1-3-5-11/h1-5,8-10,12-13,22,33H,6-7H2,(H2,26,30)(H,27,34)(H,29,32). The number of anilines is 1. The number of hydrogen-bond acceptors (Lipinski definition) is 7. The van der Waals surface area contributed by atoms with Crippen molar-refractivity contribution >= 4 is 40.8 Å². The van der Waals surface area contributed by atoms with Gasteiger partial charge in [0.15, 0.2) is 17.8 Å². The average Bonchev–Trinajstić information content (AvgIpc) is 2.80. The highest BCUT2D eigenvalue weighted by Crippen LogP contribution is 2.47. The van der Waals surface area contributed by atoms with E-state index in [-0.39, 0.29) is 44.7 Å². The predicted molar refractivity (Wildman–Crippen MR) is 131 cm³/mol. The zero-order valence-corrected chi connectivity index (χ0v) is 19.6. The van der Waals surface area contributed by atoms with E-state index in [1.807, 2.05) is 18.2 Å². The first-order chi connectivity index (χ1) is 16.8. The molecule has 2 aromatic carbocycles. The number of rotatable bonds is 5. The zero-order chi connectivity index (χ0) is 24.7. The Hall–Kier alpha value is -3.60. The van der Waals surface area contributed by atoms with E-state index >= 15 is 0 Å². The number of hydrogen-bond donors (Lipinski definition) is 4. The number of aromatic nitrogens is 2. The first-order valence-corrected chi connectivity index (χ1v) is 11.5. The number of urea groups is 1. The summed E-state index contributed by atoms with van der Waals surface area (Å²) in [5, 5.41) is 23.2. The third kappa shape index (κ3) is 4.55. The number of benzene rings is 2. The van der Waals surface area contributed by atoms with E-state index in [0.717, 1.165) is 17.9 Å². The van der Waals surface area contributed by atoms with Crippen LogP contribution in [0.1, 0.15) is 35.8 Å². The van der Waals surface area contributed by atoms with E-state index in [1.54, 1.807) is 6.07 Å². The fourth-order valence-corrected chi connectivity index (χ4v) is 4.69. The van der Waals surface area contributed by atoms with Crippen molar-refractivity contribution in [1.82, 2.24) is 15.5 Å². The highest BCUT2D eigenvalue weighted by molar-refractivity contribution is 6.37. The number of hydrazone groups is 1. The molecule has 2 aliphatic rings. The van der Waals surface area contributed by atoms with Crippen LogP contribution < -0.4 is 26.4 Å². The molecule has 10 nitrogen and oxygen atoms in total. The van der Waals surface area contributed by atoms with Crippen molar-refractivity contribution in [2.75, 3.05) is 5.01 Å². The van der Waals surface area contributed by atoms with Crippen LogP contribution >= 0.6 is 23.2 Å². The molecule has 1 aromatic heterocycles. The predicted octanol–water partition coefficient (Wildman–Crippen LogP) is 3.65. The van der Waals surface area contributed by atoms with Gasteiger partial charge in [-0.25, -0.2) is 9.89 Å². The molecule has 0 spiro atoms. The van der Waals surface area contributed by atoms with Gasteiger partial charge in [0.25, 0.3) is 5.56 Å². The Bertz CT molecular complexity index is 1350. The average molecular weight is 515 g/mol. The van der Waals surface area contributed by atoms with E-state index < -0.39 is 12.3 Å². The van der Waals surface area contributed by atoms with Crippen molar-refractivity contribution in [2.24, 2.45) is 10.8 Å². The molecule has 1 unspecified atom stereocenters. The summed E-state index contributed by atoms with van der Waals surface area (Å²) in [5.74, 6) is 0.499. The second kappa shape index (κ2) is 9.21. The van der Waals surface area contributed by atoms with Crippen LogP contribution in [0.2, 0.25) is 10.0 Å². The van der Waals surface area contributed by atoms with Crippen molar-refractivity contribution in [3.63, 3.8) is 0 Å². The van der Waals surface area contributed by atoms with Crippen LogP contribution in [0.25, 0.3) is 0 Å². The number of nitrogens with one attached hydrogen (secondary N) is 2. The molecule has 1 atom stereocenters. The van der Waals surface area contributed by atoms with Crippen LogP contribution in [0.15, 0.2) is 58.4 Å². The lowest BCUT2D eigenvalue weighted by atomic mass is 9.69. The molecule has 1 saturated carbocycles. The molecule has 0 radical (unpaired) electrons. The molecule has 0 saturated heterocycles. The van der Waals surface area contributed by atoms with E-state index in [0.29, 0.717) is 11.5 Å². The monoisotopic (exact) mass is 514 g/mol. The molecule has 1 aliphatic carbocycles. The van der Waals surface area contributed by atoms with Gasteiger partial charge in [-0.15, -0.1) is 10.2 Å². The Kier molecular flexibility index (Phi) is 6.10. The minimum absolute atomic E-state index is 0.0718. The van der Waals surface area contributed by atoms with Gasteiger partial charge in [-0.2, -0.15) is 5.01 Å². The molecule has 35 heavy (non-hydrogen) atoms. The normalized spacial score (nSPS) is 21.7. The van der Waals surface area contributed by atoms with Crippen molar-refractivity contribution in [3.05, 3.63) is 80.1 Å².